The van der Waals surface area contributed by atoms with E-state index in [0.717, 1.165) is 12.8 Å². The number of esters is 1. The monoisotopic (exact) mass is 264 g/mol. The minimum absolute atomic E-state index is 0.265. The summed E-state index contributed by atoms with van der Waals surface area (Å²) in [5, 5.41) is 2.64. The van der Waals surface area contributed by atoms with Gasteiger partial charge in [0, 0.05) is 5.69 Å². The summed E-state index contributed by atoms with van der Waals surface area (Å²) in [6.45, 7) is 4.07. The van der Waals surface area contributed by atoms with Crippen LogP contribution >= 0.6 is 0 Å². The van der Waals surface area contributed by atoms with Gasteiger partial charge in [-0.15, -0.1) is 0 Å². The van der Waals surface area contributed by atoms with Gasteiger partial charge in [0.25, 0.3) is 0 Å². The summed E-state index contributed by atoms with van der Waals surface area (Å²) < 4.78 is 5.08. The van der Waals surface area contributed by atoms with Crippen molar-refractivity contribution in [2.75, 3.05) is 11.9 Å². The molecule has 0 saturated heterocycles. The Morgan fingerprint density at radius 1 is 1.32 bits per heavy atom. The van der Waals surface area contributed by atoms with E-state index in [4.69, 9.17) is 10.5 Å². The quantitative estimate of drug-likeness (QED) is 0.607. The zero-order chi connectivity index (χ0) is 14.3. The fraction of sp³-hybridized carbons (Fsp3) is 0.429. The van der Waals surface area contributed by atoms with Crippen molar-refractivity contribution in [1.29, 1.82) is 0 Å². The van der Waals surface area contributed by atoms with Crippen LogP contribution in [0, 0.1) is 0 Å². The molecule has 19 heavy (non-hydrogen) atoms. The Morgan fingerprint density at radius 3 is 2.47 bits per heavy atom. The number of nitrogens with two attached hydrogens (primary N) is 1. The Bertz CT molecular complexity index is 427. The van der Waals surface area contributed by atoms with Crippen LogP contribution in [-0.4, -0.2) is 24.5 Å². The van der Waals surface area contributed by atoms with E-state index >= 15 is 0 Å². The van der Waals surface area contributed by atoms with Crippen LogP contribution in [0.3, 0.4) is 0 Å². The number of carbonyl (C=O) groups is 2. The molecule has 104 valence electrons. The van der Waals surface area contributed by atoms with E-state index in [1.165, 1.54) is 0 Å². The van der Waals surface area contributed by atoms with Crippen molar-refractivity contribution < 1.29 is 14.3 Å². The van der Waals surface area contributed by atoms with E-state index in [1.807, 2.05) is 6.92 Å². The van der Waals surface area contributed by atoms with E-state index in [1.54, 1.807) is 31.2 Å². The molecule has 5 heteroatoms. The van der Waals surface area contributed by atoms with Gasteiger partial charge in [-0.1, -0.05) is 13.3 Å². The number of anilines is 1. The van der Waals surface area contributed by atoms with Crippen LogP contribution in [0.5, 0.6) is 0 Å². The molecule has 0 saturated carbocycles. The highest BCUT2D eigenvalue weighted by molar-refractivity contribution is 5.95. The summed E-state index contributed by atoms with van der Waals surface area (Å²) in [5.74, 6) is -0.614. The Labute approximate surface area is 113 Å². The molecule has 1 aromatic carbocycles. The maximum absolute atomic E-state index is 11.6. The Morgan fingerprint density at radius 2 is 1.95 bits per heavy atom. The van der Waals surface area contributed by atoms with Crippen LogP contribution in [-0.2, 0) is 9.53 Å². The molecule has 0 heterocycles. The lowest BCUT2D eigenvalue weighted by Gasteiger charge is -2.08. The van der Waals surface area contributed by atoms with Crippen molar-refractivity contribution in [3.05, 3.63) is 29.8 Å². The largest absolute Gasteiger partial charge is 0.462 e. The average molecular weight is 264 g/mol. The predicted molar refractivity (Wildman–Crippen MR) is 73.9 cm³/mol. The third kappa shape index (κ3) is 5.09. The average Bonchev–Trinajstić information content (AvgIpc) is 2.39. The normalized spacial score (nSPS) is 11.7. The summed E-state index contributed by atoms with van der Waals surface area (Å²) in [6, 6.07) is 5.96. The van der Waals surface area contributed by atoms with E-state index in [-0.39, 0.29) is 11.9 Å². The molecule has 0 spiro atoms. The van der Waals surface area contributed by atoms with Crippen molar-refractivity contribution in [2.24, 2.45) is 5.73 Å². The number of rotatable bonds is 6. The number of unbranched alkanes of at least 4 members (excludes halogenated alkanes) is 1. The first-order valence-corrected chi connectivity index (χ1v) is 6.38. The van der Waals surface area contributed by atoms with Gasteiger partial charge in [0.15, 0.2) is 0 Å². The van der Waals surface area contributed by atoms with Crippen molar-refractivity contribution in [2.45, 2.75) is 32.7 Å². The van der Waals surface area contributed by atoms with Gasteiger partial charge >= 0.3 is 5.97 Å². The first-order valence-electron chi connectivity index (χ1n) is 6.38. The maximum atomic E-state index is 11.6. The van der Waals surface area contributed by atoms with Gasteiger partial charge in [-0.3, -0.25) is 4.79 Å². The van der Waals surface area contributed by atoms with Gasteiger partial charge in [-0.05, 0) is 37.6 Å². The molecule has 1 unspecified atom stereocenters. The Hall–Kier alpha value is -1.88. The summed E-state index contributed by atoms with van der Waals surface area (Å²) in [6.07, 6.45) is 1.84. The summed E-state index contributed by atoms with van der Waals surface area (Å²) in [4.78, 5) is 23.0. The highest BCUT2D eigenvalue weighted by Crippen LogP contribution is 2.11. The second-order valence-electron chi connectivity index (χ2n) is 4.34. The molecule has 0 aliphatic rings. The molecule has 1 amide bonds. The smallest absolute Gasteiger partial charge is 0.338 e. The highest BCUT2D eigenvalue weighted by Gasteiger charge is 2.09. The fourth-order valence-electron chi connectivity index (χ4n) is 1.34. The van der Waals surface area contributed by atoms with Gasteiger partial charge in [-0.25, -0.2) is 4.79 Å². The number of amides is 1. The minimum atomic E-state index is -0.571. The molecule has 0 aromatic heterocycles. The van der Waals surface area contributed by atoms with Crippen LogP contribution in [0.25, 0.3) is 0 Å². The van der Waals surface area contributed by atoms with E-state index in [9.17, 15) is 9.59 Å². The second-order valence-corrected chi connectivity index (χ2v) is 4.34. The third-order valence-corrected chi connectivity index (χ3v) is 2.53. The number of carbonyl (C=O) groups excluding carboxylic acids is 2. The first-order chi connectivity index (χ1) is 9.04. The van der Waals surface area contributed by atoms with Gasteiger partial charge < -0.3 is 15.8 Å². The van der Waals surface area contributed by atoms with Gasteiger partial charge in [-0.2, -0.15) is 0 Å². The molecular weight excluding hydrogens is 244 g/mol. The lowest BCUT2D eigenvalue weighted by atomic mass is 10.2. The van der Waals surface area contributed by atoms with Crippen molar-refractivity contribution in [3.8, 4) is 0 Å². The van der Waals surface area contributed by atoms with Crippen LogP contribution in [0.1, 0.15) is 37.0 Å². The lowest BCUT2D eigenvalue weighted by molar-refractivity contribution is -0.117. The number of nitrogens with one attached hydrogen (secondary N) is 1. The van der Waals surface area contributed by atoms with Crippen LogP contribution < -0.4 is 11.1 Å². The topological polar surface area (TPSA) is 81.4 Å². The fourth-order valence-corrected chi connectivity index (χ4v) is 1.34. The highest BCUT2D eigenvalue weighted by atomic mass is 16.5. The molecule has 0 bridgehead atoms. The van der Waals surface area contributed by atoms with E-state index < -0.39 is 6.04 Å². The lowest BCUT2D eigenvalue weighted by Crippen LogP contribution is -2.32. The Kier molecular flexibility index (Phi) is 6.02. The number of hydrogen-bond acceptors (Lipinski definition) is 4. The molecule has 1 aromatic rings. The van der Waals surface area contributed by atoms with Crippen molar-refractivity contribution >= 4 is 17.6 Å². The third-order valence-electron chi connectivity index (χ3n) is 2.53. The Balaban J connectivity index is 2.56. The van der Waals surface area contributed by atoms with Crippen molar-refractivity contribution in [3.63, 3.8) is 0 Å². The zero-order valence-corrected chi connectivity index (χ0v) is 11.3. The summed E-state index contributed by atoms with van der Waals surface area (Å²) >= 11 is 0. The van der Waals surface area contributed by atoms with Crippen molar-refractivity contribution in [1.82, 2.24) is 0 Å². The molecule has 3 N–H and O–H groups in total. The second kappa shape index (κ2) is 7.53. The standard InChI is InChI=1S/C14H20N2O3/c1-3-4-9-19-14(18)11-5-7-12(8-6-11)16-13(17)10(2)15/h5-8,10H,3-4,9,15H2,1-2H3,(H,16,17). The number of hydrogen-bond donors (Lipinski definition) is 2. The van der Waals surface area contributed by atoms with E-state index in [0.29, 0.717) is 17.9 Å². The van der Waals surface area contributed by atoms with Crippen LogP contribution in [0.15, 0.2) is 24.3 Å². The molecule has 0 radical (unpaired) electrons. The van der Waals surface area contributed by atoms with Crippen LogP contribution in [0.4, 0.5) is 5.69 Å². The molecule has 5 nitrogen and oxygen atoms in total. The number of benzene rings is 1. The van der Waals surface area contributed by atoms with E-state index in [2.05, 4.69) is 5.32 Å². The summed E-state index contributed by atoms with van der Waals surface area (Å²) in [7, 11) is 0. The molecule has 0 fully saturated rings. The minimum Gasteiger partial charge on any atom is -0.462 e. The van der Waals surface area contributed by atoms with Gasteiger partial charge in [0.1, 0.15) is 0 Å². The molecular formula is C14H20N2O3. The maximum Gasteiger partial charge on any atom is 0.338 e. The molecule has 1 atom stereocenters. The SMILES string of the molecule is CCCCOC(=O)c1ccc(NC(=O)C(C)N)cc1. The predicted octanol–water partition coefficient (Wildman–Crippen LogP) is 1.93. The van der Waals surface area contributed by atoms with Gasteiger partial charge in [0.2, 0.25) is 5.91 Å². The molecule has 0 aliphatic heterocycles. The zero-order valence-electron chi connectivity index (χ0n) is 11.3. The number of ether oxygens (including phenoxy) is 1. The molecule has 1 rings (SSSR count). The first kappa shape index (κ1) is 15.2. The molecule has 0 aliphatic carbocycles. The summed E-state index contributed by atoms with van der Waals surface area (Å²) in [5.41, 5.74) is 6.52. The van der Waals surface area contributed by atoms with Gasteiger partial charge in [0.05, 0.1) is 18.2 Å². The van der Waals surface area contributed by atoms with Crippen LogP contribution in [0.2, 0.25) is 0 Å².